The van der Waals surface area contributed by atoms with Crippen LogP contribution in [0.3, 0.4) is 0 Å². The molecule has 2 aromatic rings. The maximum absolute atomic E-state index is 12.1. The Morgan fingerprint density at radius 1 is 1.21 bits per heavy atom. The summed E-state index contributed by atoms with van der Waals surface area (Å²) in [4.78, 5) is 25.4. The molecule has 0 radical (unpaired) electrons. The molecular weight excluding hydrogens is 360 g/mol. The number of urea groups is 1. The Kier molecular flexibility index (Phi) is 5.00. The molecule has 0 bridgehead atoms. The number of benzene rings is 1. The summed E-state index contributed by atoms with van der Waals surface area (Å²) in [5.41, 5.74) is 0.319. The Labute approximate surface area is 141 Å². The standard InChI is InChI=1S/C13H11ClN4O5S/c1-8-2-4-9(5-3-8)24(22,23)17-13(19)16-12-10(18(20)21)6-7-11(14)15-12/h2-7H,1H3,(H2,15,16,17,19). The van der Waals surface area contributed by atoms with Crippen molar-refractivity contribution in [3.05, 3.63) is 57.2 Å². The van der Waals surface area contributed by atoms with Gasteiger partial charge < -0.3 is 0 Å². The van der Waals surface area contributed by atoms with Crippen LogP contribution >= 0.6 is 11.6 Å². The van der Waals surface area contributed by atoms with E-state index in [0.717, 1.165) is 11.6 Å². The van der Waals surface area contributed by atoms with Crippen LogP contribution in [0.2, 0.25) is 5.15 Å². The van der Waals surface area contributed by atoms with Crippen LogP contribution in [-0.2, 0) is 10.0 Å². The number of amides is 2. The van der Waals surface area contributed by atoms with E-state index in [4.69, 9.17) is 11.6 Å². The second-order valence-electron chi connectivity index (χ2n) is 4.63. The molecule has 9 nitrogen and oxygen atoms in total. The number of carbonyl (C=O) groups is 1. The number of pyridine rings is 1. The van der Waals surface area contributed by atoms with Gasteiger partial charge in [0.2, 0.25) is 5.82 Å². The van der Waals surface area contributed by atoms with Gasteiger partial charge in [-0.1, -0.05) is 29.3 Å². The first-order valence-corrected chi connectivity index (χ1v) is 8.26. The minimum Gasteiger partial charge on any atom is -0.286 e. The van der Waals surface area contributed by atoms with Crippen molar-refractivity contribution in [2.75, 3.05) is 5.32 Å². The van der Waals surface area contributed by atoms with Gasteiger partial charge in [0, 0.05) is 6.07 Å². The number of anilines is 1. The van der Waals surface area contributed by atoms with Crippen LogP contribution in [0.4, 0.5) is 16.3 Å². The van der Waals surface area contributed by atoms with Crippen LogP contribution in [0.5, 0.6) is 0 Å². The first kappa shape index (κ1) is 17.6. The summed E-state index contributed by atoms with van der Waals surface area (Å²) in [6.07, 6.45) is 0. The predicted octanol–water partition coefficient (Wildman–Crippen LogP) is 2.46. The third-order valence-corrected chi connectivity index (χ3v) is 4.38. The Morgan fingerprint density at radius 3 is 2.42 bits per heavy atom. The van der Waals surface area contributed by atoms with Gasteiger partial charge in [-0.2, -0.15) is 0 Å². The van der Waals surface area contributed by atoms with Crippen LogP contribution in [0.1, 0.15) is 5.56 Å². The molecule has 2 amide bonds. The van der Waals surface area contributed by atoms with Crippen LogP contribution in [-0.4, -0.2) is 24.4 Å². The second-order valence-corrected chi connectivity index (χ2v) is 6.70. The zero-order valence-corrected chi connectivity index (χ0v) is 13.8. The van der Waals surface area contributed by atoms with Crippen molar-refractivity contribution in [3.8, 4) is 0 Å². The lowest BCUT2D eigenvalue weighted by molar-refractivity contribution is -0.384. The third kappa shape index (κ3) is 4.18. The number of halogens is 1. The molecule has 0 unspecified atom stereocenters. The lowest BCUT2D eigenvalue weighted by Gasteiger charge is -2.08. The van der Waals surface area contributed by atoms with Crippen molar-refractivity contribution in [2.45, 2.75) is 11.8 Å². The monoisotopic (exact) mass is 370 g/mol. The Hall–Kier alpha value is -2.72. The van der Waals surface area contributed by atoms with E-state index in [2.05, 4.69) is 4.98 Å². The predicted molar refractivity (Wildman–Crippen MR) is 86.4 cm³/mol. The fourth-order valence-electron chi connectivity index (χ4n) is 1.70. The zero-order chi connectivity index (χ0) is 17.9. The Morgan fingerprint density at radius 2 is 1.83 bits per heavy atom. The molecular formula is C13H11ClN4O5S. The quantitative estimate of drug-likeness (QED) is 0.482. The molecule has 24 heavy (non-hydrogen) atoms. The molecule has 0 aliphatic carbocycles. The molecule has 0 saturated heterocycles. The van der Waals surface area contributed by atoms with E-state index >= 15 is 0 Å². The molecule has 2 rings (SSSR count). The molecule has 1 aromatic heterocycles. The lowest BCUT2D eigenvalue weighted by atomic mass is 10.2. The summed E-state index contributed by atoms with van der Waals surface area (Å²) in [7, 11) is -4.13. The molecule has 0 spiro atoms. The molecule has 0 fully saturated rings. The Bertz CT molecular complexity index is 899. The minimum atomic E-state index is -4.13. The number of hydrogen-bond acceptors (Lipinski definition) is 6. The molecule has 11 heteroatoms. The van der Waals surface area contributed by atoms with Crippen molar-refractivity contribution in [1.82, 2.24) is 9.71 Å². The highest BCUT2D eigenvalue weighted by molar-refractivity contribution is 7.90. The Balaban J connectivity index is 2.21. The summed E-state index contributed by atoms with van der Waals surface area (Å²) in [6, 6.07) is 6.79. The van der Waals surface area contributed by atoms with Crippen LogP contribution < -0.4 is 10.0 Å². The van der Waals surface area contributed by atoms with Gasteiger partial charge in [-0.15, -0.1) is 0 Å². The van der Waals surface area contributed by atoms with Gasteiger partial charge in [-0.05, 0) is 25.1 Å². The number of aryl methyl sites for hydroxylation is 1. The average molecular weight is 371 g/mol. The molecule has 0 atom stereocenters. The number of nitro groups is 1. The lowest BCUT2D eigenvalue weighted by Crippen LogP contribution is -2.34. The second kappa shape index (κ2) is 6.81. The molecule has 126 valence electrons. The zero-order valence-electron chi connectivity index (χ0n) is 12.2. The number of hydrogen-bond donors (Lipinski definition) is 2. The number of nitrogens with zero attached hydrogens (tertiary/aromatic N) is 2. The summed E-state index contributed by atoms with van der Waals surface area (Å²) in [5, 5.41) is 12.8. The maximum atomic E-state index is 12.1. The first-order chi connectivity index (χ1) is 11.2. The van der Waals surface area contributed by atoms with Gasteiger partial charge in [0.15, 0.2) is 0 Å². The van der Waals surface area contributed by atoms with E-state index in [-0.39, 0.29) is 10.0 Å². The highest BCUT2D eigenvalue weighted by atomic mass is 35.5. The fraction of sp³-hybridized carbons (Fsp3) is 0.0769. The van der Waals surface area contributed by atoms with Gasteiger partial charge in [0.1, 0.15) is 5.15 Å². The van der Waals surface area contributed by atoms with Crippen molar-refractivity contribution in [1.29, 1.82) is 0 Å². The van der Waals surface area contributed by atoms with E-state index in [0.29, 0.717) is 0 Å². The third-order valence-electron chi connectivity index (χ3n) is 2.83. The SMILES string of the molecule is Cc1ccc(S(=O)(=O)NC(=O)Nc2nc(Cl)ccc2[N+](=O)[O-])cc1. The average Bonchev–Trinajstić information content (AvgIpc) is 2.46. The van der Waals surface area contributed by atoms with Gasteiger partial charge in [-0.25, -0.2) is 22.9 Å². The molecule has 0 aliphatic rings. The van der Waals surface area contributed by atoms with Crippen LogP contribution in [0.15, 0.2) is 41.3 Å². The molecule has 0 aliphatic heterocycles. The van der Waals surface area contributed by atoms with Gasteiger partial charge >= 0.3 is 11.7 Å². The number of rotatable bonds is 4. The highest BCUT2D eigenvalue weighted by Gasteiger charge is 2.22. The summed E-state index contributed by atoms with van der Waals surface area (Å²) in [5.74, 6) is -0.468. The van der Waals surface area contributed by atoms with Gasteiger partial charge in [0.05, 0.1) is 9.82 Å². The van der Waals surface area contributed by atoms with E-state index in [1.54, 1.807) is 23.8 Å². The number of carbonyl (C=O) groups excluding carboxylic acids is 1. The fourth-order valence-corrected chi connectivity index (χ4v) is 2.75. The van der Waals surface area contributed by atoms with Crippen molar-refractivity contribution in [2.24, 2.45) is 0 Å². The normalized spacial score (nSPS) is 10.9. The number of sulfonamides is 1. The molecule has 1 heterocycles. The van der Waals surface area contributed by atoms with Gasteiger partial charge in [0.25, 0.3) is 10.0 Å². The topological polar surface area (TPSA) is 131 Å². The molecule has 2 N–H and O–H groups in total. The van der Waals surface area contributed by atoms with E-state index in [1.807, 2.05) is 5.32 Å². The van der Waals surface area contributed by atoms with Crippen molar-refractivity contribution >= 4 is 39.2 Å². The van der Waals surface area contributed by atoms with E-state index in [9.17, 15) is 23.3 Å². The molecule has 1 aromatic carbocycles. The first-order valence-electron chi connectivity index (χ1n) is 6.40. The van der Waals surface area contributed by atoms with Gasteiger partial charge in [-0.3, -0.25) is 15.4 Å². The number of nitrogens with one attached hydrogen (secondary N) is 2. The summed E-state index contributed by atoms with van der Waals surface area (Å²) in [6.45, 7) is 1.78. The summed E-state index contributed by atoms with van der Waals surface area (Å²) >= 11 is 5.63. The van der Waals surface area contributed by atoms with Crippen LogP contribution in [0, 0.1) is 17.0 Å². The maximum Gasteiger partial charge on any atom is 0.334 e. The molecule has 0 saturated carbocycles. The highest BCUT2D eigenvalue weighted by Crippen LogP contribution is 2.23. The van der Waals surface area contributed by atoms with E-state index in [1.165, 1.54) is 18.2 Å². The summed E-state index contributed by atoms with van der Waals surface area (Å²) < 4.78 is 25.9. The minimum absolute atomic E-state index is 0.0997. The van der Waals surface area contributed by atoms with Crippen molar-refractivity contribution in [3.63, 3.8) is 0 Å². The van der Waals surface area contributed by atoms with Crippen molar-refractivity contribution < 1.29 is 18.1 Å². The van der Waals surface area contributed by atoms with E-state index < -0.39 is 32.5 Å². The number of aromatic nitrogens is 1. The smallest absolute Gasteiger partial charge is 0.286 e. The van der Waals surface area contributed by atoms with Crippen LogP contribution in [0.25, 0.3) is 0 Å². The largest absolute Gasteiger partial charge is 0.334 e.